The Kier molecular flexibility index (Phi) is 3.68. The highest BCUT2D eigenvalue weighted by Crippen LogP contribution is 2.17. The molecular formula is C17H19N7. The van der Waals surface area contributed by atoms with Gasteiger partial charge in [0.15, 0.2) is 11.5 Å². The van der Waals surface area contributed by atoms with Crippen molar-refractivity contribution in [3.63, 3.8) is 0 Å². The van der Waals surface area contributed by atoms with Crippen molar-refractivity contribution in [2.45, 2.75) is 26.7 Å². The normalized spacial score (nSPS) is 15.0. The molecule has 7 nitrogen and oxygen atoms in total. The highest BCUT2D eigenvalue weighted by atomic mass is 15.3. The Balaban J connectivity index is 1.62. The number of aromatic nitrogens is 6. The van der Waals surface area contributed by atoms with Gasteiger partial charge in [-0.2, -0.15) is 0 Å². The van der Waals surface area contributed by atoms with E-state index in [2.05, 4.69) is 29.9 Å². The molecule has 122 valence electrons. The van der Waals surface area contributed by atoms with Crippen molar-refractivity contribution in [3.8, 4) is 0 Å². The quantitative estimate of drug-likeness (QED) is 0.737. The highest BCUT2D eigenvalue weighted by molar-refractivity contribution is 5.66. The molecule has 0 aliphatic carbocycles. The lowest BCUT2D eigenvalue weighted by Crippen LogP contribution is -2.19. The summed E-state index contributed by atoms with van der Waals surface area (Å²) < 4.78 is 1.81. The van der Waals surface area contributed by atoms with Crippen molar-refractivity contribution in [1.29, 1.82) is 0 Å². The van der Waals surface area contributed by atoms with Gasteiger partial charge in [0.2, 0.25) is 0 Å². The van der Waals surface area contributed by atoms with Gasteiger partial charge < -0.3 is 4.90 Å². The summed E-state index contributed by atoms with van der Waals surface area (Å²) in [6, 6.07) is 0. The summed E-state index contributed by atoms with van der Waals surface area (Å²) >= 11 is 0. The molecule has 0 saturated carbocycles. The molecule has 0 aromatic carbocycles. The molecule has 1 aliphatic rings. The summed E-state index contributed by atoms with van der Waals surface area (Å²) in [5.74, 6) is 1.58. The van der Waals surface area contributed by atoms with E-state index in [9.17, 15) is 0 Å². The van der Waals surface area contributed by atoms with Gasteiger partial charge in [-0.3, -0.25) is 9.97 Å². The molecule has 0 radical (unpaired) electrons. The van der Waals surface area contributed by atoms with Crippen LogP contribution >= 0.6 is 0 Å². The lowest BCUT2D eigenvalue weighted by Gasteiger charge is -2.15. The maximum atomic E-state index is 4.66. The van der Waals surface area contributed by atoms with E-state index in [0.717, 1.165) is 41.6 Å². The summed E-state index contributed by atoms with van der Waals surface area (Å²) in [5, 5.41) is 4.51. The van der Waals surface area contributed by atoms with Crippen LogP contribution in [0.5, 0.6) is 0 Å². The topological polar surface area (TPSA) is 72.1 Å². The molecule has 0 spiro atoms. The molecule has 1 saturated heterocycles. The summed E-state index contributed by atoms with van der Waals surface area (Å²) in [6.07, 6.45) is 11.6. The van der Waals surface area contributed by atoms with Crippen LogP contribution in [0.4, 0.5) is 5.82 Å². The van der Waals surface area contributed by atoms with Crippen LogP contribution in [0.2, 0.25) is 0 Å². The van der Waals surface area contributed by atoms with Crippen molar-refractivity contribution >= 4 is 23.6 Å². The SMILES string of the molecule is Cc1ncc(C)n2nc(C=Cc3cncc(N4CCCC4)n3)nc12. The van der Waals surface area contributed by atoms with E-state index in [1.54, 1.807) is 12.4 Å². The lowest BCUT2D eigenvalue weighted by molar-refractivity contribution is 0.884. The molecule has 0 unspecified atom stereocenters. The van der Waals surface area contributed by atoms with Crippen LogP contribution in [-0.4, -0.2) is 42.6 Å². The van der Waals surface area contributed by atoms with Crippen LogP contribution in [0.15, 0.2) is 18.6 Å². The molecule has 3 aromatic heterocycles. The zero-order valence-electron chi connectivity index (χ0n) is 13.8. The zero-order chi connectivity index (χ0) is 16.5. The van der Waals surface area contributed by atoms with Crippen molar-refractivity contribution in [3.05, 3.63) is 41.5 Å². The molecule has 7 heteroatoms. The van der Waals surface area contributed by atoms with E-state index in [1.165, 1.54) is 12.8 Å². The largest absolute Gasteiger partial charge is 0.355 e. The van der Waals surface area contributed by atoms with Gasteiger partial charge in [0.05, 0.1) is 29.5 Å². The summed E-state index contributed by atoms with van der Waals surface area (Å²) in [4.78, 5) is 20.1. The number of hydrogen-bond acceptors (Lipinski definition) is 6. The van der Waals surface area contributed by atoms with Gasteiger partial charge in [0.1, 0.15) is 5.82 Å². The third-order valence-corrected chi connectivity index (χ3v) is 4.20. The monoisotopic (exact) mass is 321 g/mol. The third kappa shape index (κ3) is 2.73. The predicted octanol–water partition coefficient (Wildman–Crippen LogP) is 2.30. The second-order valence-electron chi connectivity index (χ2n) is 6.02. The van der Waals surface area contributed by atoms with Crippen LogP contribution < -0.4 is 4.90 Å². The van der Waals surface area contributed by atoms with Gasteiger partial charge in [-0.25, -0.2) is 14.5 Å². The standard InChI is InChI=1S/C17H19N7/c1-12-9-19-13(2)17-21-15(22-24(12)17)6-5-14-10-18-11-16(20-14)23-7-3-4-8-23/h5-6,9-11H,3-4,7-8H2,1-2H3. The fourth-order valence-corrected chi connectivity index (χ4v) is 2.89. The fourth-order valence-electron chi connectivity index (χ4n) is 2.89. The number of aryl methyl sites for hydroxylation is 2. The van der Waals surface area contributed by atoms with Crippen molar-refractivity contribution in [1.82, 2.24) is 29.5 Å². The summed E-state index contributed by atoms with van der Waals surface area (Å²) in [6.45, 7) is 6.01. The van der Waals surface area contributed by atoms with E-state index in [-0.39, 0.29) is 0 Å². The van der Waals surface area contributed by atoms with E-state index in [0.29, 0.717) is 5.82 Å². The first-order valence-electron chi connectivity index (χ1n) is 8.15. The molecule has 0 atom stereocenters. The average Bonchev–Trinajstić information content (AvgIpc) is 3.27. The second-order valence-corrected chi connectivity index (χ2v) is 6.02. The van der Waals surface area contributed by atoms with Gasteiger partial charge in [0.25, 0.3) is 0 Å². The Labute approximate surface area is 140 Å². The number of rotatable bonds is 3. The lowest BCUT2D eigenvalue weighted by atomic mass is 10.3. The third-order valence-electron chi connectivity index (χ3n) is 4.20. The first-order valence-corrected chi connectivity index (χ1v) is 8.15. The number of fused-ring (bicyclic) bond motifs is 1. The van der Waals surface area contributed by atoms with E-state index in [1.807, 2.05) is 36.7 Å². The molecule has 0 amide bonds. The smallest absolute Gasteiger partial charge is 0.177 e. The molecule has 0 bridgehead atoms. The molecular weight excluding hydrogens is 302 g/mol. The minimum Gasteiger partial charge on any atom is -0.355 e. The average molecular weight is 321 g/mol. The number of nitrogens with zero attached hydrogens (tertiary/aromatic N) is 7. The van der Waals surface area contributed by atoms with Crippen LogP contribution in [0.1, 0.15) is 35.7 Å². The first kappa shape index (κ1) is 14.7. The molecule has 4 rings (SSSR count). The molecule has 3 aromatic rings. The first-order chi connectivity index (χ1) is 11.7. The van der Waals surface area contributed by atoms with Gasteiger partial charge in [0, 0.05) is 19.3 Å². The van der Waals surface area contributed by atoms with Crippen molar-refractivity contribution in [2.24, 2.45) is 0 Å². The minimum absolute atomic E-state index is 0.641. The van der Waals surface area contributed by atoms with Crippen LogP contribution in [-0.2, 0) is 0 Å². The maximum Gasteiger partial charge on any atom is 0.177 e. The molecule has 1 fully saturated rings. The Morgan fingerprint density at radius 2 is 1.83 bits per heavy atom. The Hall–Kier alpha value is -2.83. The van der Waals surface area contributed by atoms with E-state index in [4.69, 9.17) is 0 Å². The molecule has 0 N–H and O–H groups in total. The van der Waals surface area contributed by atoms with Crippen molar-refractivity contribution in [2.75, 3.05) is 18.0 Å². The highest BCUT2D eigenvalue weighted by Gasteiger charge is 2.13. The zero-order valence-corrected chi connectivity index (χ0v) is 13.8. The number of hydrogen-bond donors (Lipinski definition) is 0. The van der Waals surface area contributed by atoms with Crippen LogP contribution in [0.3, 0.4) is 0 Å². The van der Waals surface area contributed by atoms with E-state index < -0.39 is 0 Å². The predicted molar refractivity (Wildman–Crippen MR) is 92.7 cm³/mol. The second kappa shape index (κ2) is 5.99. The summed E-state index contributed by atoms with van der Waals surface area (Å²) in [7, 11) is 0. The molecule has 24 heavy (non-hydrogen) atoms. The molecule has 4 heterocycles. The fraction of sp³-hybridized carbons (Fsp3) is 0.353. The summed E-state index contributed by atoms with van der Waals surface area (Å²) in [5.41, 5.74) is 3.42. The Bertz CT molecular complexity index is 867. The van der Waals surface area contributed by atoms with Gasteiger partial charge in [-0.05, 0) is 38.8 Å². The van der Waals surface area contributed by atoms with Crippen LogP contribution in [0.25, 0.3) is 17.8 Å². The number of anilines is 1. The molecule has 1 aliphatic heterocycles. The Morgan fingerprint density at radius 3 is 2.62 bits per heavy atom. The van der Waals surface area contributed by atoms with Gasteiger partial charge >= 0.3 is 0 Å². The van der Waals surface area contributed by atoms with Gasteiger partial charge in [-0.1, -0.05) is 0 Å². The van der Waals surface area contributed by atoms with Crippen molar-refractivity contribution < 1.29 is 0 Å². The van der Waals surface area contributed by atoms with Crippen LogP contribution in [0, 0.1) is 13.8 Å². The van der Waals surface area contributed by atoms with E-state index >= 15 is 0 Å². The minimum atomic E-state index is 0.641. The maximum absolute atomic E-state index is 4.66. The Morgan fingerprint density at radius 1 is 1.00 bits per heavy atom. The van der Waals surface area contributed by atoms with Gasteiger partial charge in [-0.15, -0.1) is 5.10 Å².